The maximum Gasteiger partial charge on any atom is 0.208 e. The van der Waals surface area contributed by atoms with E-state index in [-0.39, 0.29) is 6.04 Å². The highest BCUT2D eigenvalue weighted by molar-refractivity contribution is 5.12. The molecule has 0 radical (unpaired) electrons. The second-order valence-corrected chi connectivity index (χ2v) is 4.38. The van der Waals surface area contributed by atoms with Gasteiger partial charge in [-0.05, 0) is 27.7 Å². The van der Waals surface area contributed by atoms with E-state index in [1.807, 2.05) is 20.8 Å². The van der Waals surface area contributed by atoms with Gasteiger partial charge >= 0.3 is 0 Å². The third-order valence-electron chi connectivity index (χ3n) is 2.96. The number of hydrogen-bond donors (Lipinski definition) is 1. The summed E-state index contributed by atoms with van der Waals surface area (Å²) in [6, 6.07) is 0.117. The first kappa shape index (κ1) is 12.7. The van der Waals surface area contributed by atoms with Gasteiger partial charge in [-0.2, -0.15) is 0 Å². The first-order valence-electron chi connectivity index (χ1n) is 6.01. The van der Waals surface area contributed by atoms with Crippen LogP contribution in [0.1, 0.15) is 41.7 Å². The lowest BCUT2D eigenvalue weighted by molar-refractivity contribution is 0.429. The van der Waals surface area contributed by atoms with Crippen LogP contribution in [0.3, 0.4) is 0 Å². The number of hydrogen-bond acceptors (Lipinski definition) is 5. The molecule has 0 saturated carbocycles. The highest BCUT2D eigenvalue weighted by atomic mass is 16.4. The van der Waals surface area contributed by atoms with Crippen LogP contribution >= 0.6 is 0 Å². The largest absolute Gasteiger partial charge is 0.444 e. The van der Waals surface area contributed by atoms with Gasteiger partial charge in [0, 0.05) is 18.4 Å². The predicted octanol–water partition coefficient (Wildman–Crippen LogP) is 2.24. The molecule has 0 aliphatic carbocycles. The molecule has 0 saturated heterocycles. The fraction of sp³-hybridized carbons (Fsp3) is 0.462. The van der Waals surface area contributed by atoms with Crippen LogP contribution in [0, 0.1) is 20.8 Å². The molecule has 0 aromatic carbocycles. The minimum Gasteiger partial charge on any atom is -0.444 e. The Hall–Kier alpha value is -1.75. The Morgan fingerprint density at radius 2 is 1.89 bits per heavy atom. The first-order chi connectivity index (χ1) is 8.58. The Morgan fingerprint density at radius 3 is 2.50 bits per heavy atom. The lowest BCUT2D eigenvalue weighted by Crippen LogP contribution is -2.20. The molecule has 18 heavy (non-hydrogen) atoms. The minimum absolute atomic E-state index is 0.117. The maximum absolute atomic E-state index is 5.52. The third-order valence-corrected chi connectivity index (χ3v) is 2.96. The van der Waals surface area contributed by atoms with Crippen molar-refractivity contribution in [2.24, 2.45) is 0 Å². The van der Waals surface area contributed by atoms with E-state index in [9.17, 15) is 0 Å². The van der Waals surface area contributed by atoms with Crippen molar-refractivity contribution in [3.05, 3.63) is 41.1 Å². The summed E-state index contributed by atoms with van der Waals surface area (Å²) in [5.74, 6) is 1.58. The maximum atomic E-state index is 5.52. The number of oxazole rings is 1. The average molecular weight is 246 g/mol. The summed E-state index contributed by atoms with van der Waals surface area (Å²) in [4.78, 5) is 12.9. The summed E-state index contributed by atoms with van der Waals surface area (Å²) in [6.07, 6.45) is 3.41. The monoisotopic (exact) mass is 246 g/mol. The molecule has 1 N–H and O–H groups in total. The van der Waals surface area contributed by atoms with E-state index >= 15 is 0 Å². The number of nitrogens with one attached hydrogen (secondary N) is 1. The number of rotatable bonds is 4. The second-order valence-electron chi connectivity index (χ2n) is 4.38. The molecule has 2 aromatic rings. The van der Waals surface area contributed by atoms with E-state index in [4.69, 9.17) is 4.42 Å². The fourth-order valence-corrected chi connectivity index (χ4v) is 1.80. The van der Waals surface area contributed by atoms with E-state index in [1.54, 1.807) is 12.4 Å². The van der Waals surface area contributed by atoms with Crippen molar-refractivity contribution < 1.29 is 4.42 Å². The lowest BCUT2D eigenvalue weighted by Gasteiger charge is -2.13. The van der Waals surface area contributed by atoms with E-state index in [2.05, 4.69) is 27.2 Å². The summed E-state index contributed by atoms with van der Waals surface area (Å²) in [5, 5.41) is 3.34. The van der Waals surface area contributed by atoms with Crippen LogP contribution in [-0.4, -0.2) is 15.0 Å². The Balaban J connectivity index is 2.00. The first-order valence-corrected chi connectivity index (χ1v) is 6.01. The zero-order chi connectivity index (χ0) is 13.1. The molecule has 0 spiro atoms. The van der Waals surface area contributed by atoms with E-state index in [1.165, 1.54) is 0 Å². The quantitative estimate of drug-likeness (QED) is 0.896. The summed E-state index contributed by atoms with van der Waals surface area (Å²) in [6.45, 7) is 8.46. The van der Waals surface area contributed by atoms with Gasteiger partial charge in [0.15, 0.2) is 0 Å². The van der Waals surface area contributed by atoms with Gasteiger partial charge in [-0.3, -0.25) is 9.97 Å². The van der Waals surface area contributed by atoms with E-state index < -0.39 is 0 Å². The van der Waals surface area contributed by atoms with Gasteiger partial charge in [0.25, 0.3) is 0 Å². The van der Waals surface area contributed by atoms with Crippen molar-refractivity contribution >= 4 is 0 Å². The summed E-state index contributed by atoms with van der Waals surface area (Å²) in [7, 11) is 0. The van der Waals surface area contributed by atoms with Crippen LogP contribution in [0.25, 0.3) is 0 Å². The minimum atomic E-state index is 0.117. The smallest absolute Gasteiger partial charge is 0.208 e. The summed E-state index contributed by atoms with van der Waals surface area (Å²) < 4.78 is 5.52. The molecule has 0 bridgehead atoms. The normalized spacial score (nSPS) is 12.7. The second kappa shape index (κ2) is 5.27. The van der Waals surface area contributed by atoms with Crippen LogP contribution in [0.5, 0.6) is 0 Å². The SMILES string of the molecule is Cc1nccnc1C(C)NCc1nc(C)c(C)o1. The summed E-state index contributed by atoms with van der Waals surface area (Å²) >= 11 is 0. The predicted molar refractivity (Wildman–Crippen MR) is 68.0 cm³/mol. The molecule has 2 rings (SSSR count). The highest BCUT2D eigenvalue weighted by Crippen LogP contribution is 2.13. The average Bonchev–Trinajstić information content (AvgIpc) is 2.66. The van der Waals surface area contributed by atoms with Gasteiger partial charge in [0.05, 0.1) is 23.6 Å². The van der Waals surface area contributed by atoms with Crippen molar-refractivity contribution in [1.82, 2.24) is 20.3 Å². The molecular weight excluding hydrogens is 228 g/mol. The van der Waals surface area contributed by atoms with Crippen molar-refractivity contribution in [2.75, 3.05) is 0 Å². The van der Waals surface area contributed by atoms with Crippen LogP contribution in [0.4, 0.5) is 0 Å². The van der Waals surface area contributed by atoms with Gasteiger partial charge in [-0.25, -0.2) is 4.98 Å². The van der Waals surface area contributed by atoms with Gasteiger partial charge in [-0.15, -0.1) is 0 Å². The van der Waals surface area contributed by atoms with Crippen LogP contribution in [-0.2, 0) is 6.54 Å². The molecule has 0 fully saturated rings. The molecular formula is C13H18N4O. The Labute approximate surface area is 107 Å². The molecule has 5 heteroatoms. The zero-order valence-corrected chi connectivity index (χ0v) is 11.2. The molecule has 0 aliphatic heterocycles. The van der Waals surface area contributed by atoms with Crippen LogP contribution in [0.2, 0.25) is 0 Å². The Morgan fingerprint density at radius 1 is 1.17 bits per heavy atom. The molecule has 0 aliphatic rings. The molecule has 2 heterocycles. The van der Waals surface area contributed by atoms with Crippen LogP contribution < -0.4 is 5.32 Å². The van der Waals surface area contributed by atoms with Gasteiger partial charge in [0.2, 0.25) is 5.89 Å². The van der Waals surface area contributed by atoms with Crippen LogP contribution in [0.15, 0.2) is 16.8 Å². The van der Waals surface area contributed by atoms with Crippen molar-refractivity contribution in [2.45, 2.75) is 40.3 Å². The van der Waals surface area contributed by atoms with E-state index in [0.29, 0.717) is 12.4 Å². The molecule has 5 nitrogen and oxygen atoms in total. The number of nitrogens with zero attached hydrogens (tertiary/aromatic N) is 3. The van der Waals surface area contributed by atoms with Gasteiger partial charge in [-0.1, -0.05) is 0 Å². The highest BCUT2D eigenvalue weighted by Gasteiger charge is 2.12. The topological polar surface area (TPSA) is 63.8 Å². The third kappa shape index (κ3) is 2.73. The molecule has 0 amide bonds. The van der Waals surface area contributed by atoms with Crippen molar-refractivity contribution in [3.63, 3.8) is 0 Å². The number of aryl methyl sites for hydroxylation is 3. The summed E-state index contributed by atoms with van der Waals surface area (Å²) in [5.41, 5.74) is 2.84. The molecule has 1 unspecified atom stereocenters. The molecule has 2 aromatic heterocycles. The molecule has 1 atom stereocenters. The Kier molecular flexibility index (Phi) is 3.72. The lowest BCUT2D eigenvalue weighted by atomic mass is 10.2. The zero-order valence-electron chi connectivity index (χ0n) is 11.2. The fourth-order valence-electron chi connectivity index (χ4n) is 1.80. The van der Waals surface area contributed by atoms with Crippen molar-refractivity contribution in [1.29, 1.82) is 0 Å². The molecule has 96 valence electrons. The number of aromatic nitrogens is 3. The van der Waals surface area contributed by atoms with Gasteiger partial charge < -0.3 is 9.73 Å². The van der Waals surface area contributed by atoms with E-state index in [0.717, 1.165) is 22.8 Å². The van der Waals surface area contributed by atoms with Gasteiger partial charge in [0.1, 0.15) is 5.76 Å². The standard InChI is InChI=1S/C13H18N4O/c1-8-11(4)18-12(17-8)7-16-10(3)13-9(2)14-5-6-15-13/h5-6,10,16H,7H2,1-4H3. The van der Waals surface area contributed by atoms with Crippen molar-refractivity contribution in [3.8, 4) is 0 Å². The Bertz CT molecular complexity index is 516.